The fourth-order valence-corrected chi connectivity index (χ4v) is 1.86. The Hall–Kier alpha value is -0.910. The minimum Gasteiger partial charge on any atom is -0.383 e. The van der Waals surface area contributed by atoms with Gasteiger partial charge in [0, 0.05) is 24.7 Å². The molecule has 0 aliphatic rings. The number of amides is 1. The normalized spacial score (nSPS) is 12.2. The molecular weight excluding hydrogens is 308 g/mol. The predicted octanol–water partition coefficient (Wildman–Crippen LogP) is 2.00. The number of ether oxygens (including phenoxy) is 1. The second-order valence-corrected chi connectivity index (χ2v) is 5.32. The molecule has 0 bridgehead atoms. The van der Waals surface area contributed by atoms with Gasteiger partial charge in [0.2, 0.25) is 5.91 Å². The standard InChI is InChI=1S/C14H21BrN2O2/c1-10-8-12(4-5-13(10)15)9-17-11(2)14(18)16-6-7-19-3/h4-5,8,11,17H,6-7,9H2,1-3H3,(H,16,18). The zero-order chi connectivity index (χ0) is 14.3. The van der Waals surface area contributed by atoms with Crippen molar-refractivity contribution in [2.24, 2.45) is 0 Å². The second kappa shape index (κ2) is 8.30. The molecular formula is C14H21BrN2O2. The fraction of sp³-hybridized carbons (Fsp3) is 0.500. The molecule has 0 heterocycles. The van der Waals surface area contributed by atoms with Crippen molar-refractivity contribution in [2.45, 2.75) is 26.4 Å². The van der Waals surface area contributed by atoms with Crippen molar-refractivity contribution >= 4 is 21.8 Å². The van der Waals surface area contributed by atoms with E-state index in [0.29, 0.717) is 19.7 Å². The summed E-state index contributed by atoms with van der Waals surface area (Å²) < 4.78 is 5.98. The van der Waals surface area contributed by atoms with Gasteiger partial charge in [-0.15, -0.1) is 0 Å². The van der Waals surface area contributed by atoms with E-state index in [-0.39, 0.29) is 11.9 Å². The zero-order valence-electron chi connectivity index (χ0n) is 11.6. The highest BCUT2D eigenvalue weighted by Gasteiger charge is 2.11. The lowest BCUT2D eigenvalue weighted by molar-refractivity contribution is -0.122. The summed E-state index contributed by atoms with van der Waals surface area (Å²) in [5, 5.41) is 6.01. The molecule has 4 nitrogen and oxygen atoms in total. The number of methoxy groups -OCH3 is 1. The van der Waals surface area contributed by atoms with Gasteiger partial charge in [-0.05, 0) is 31.0 Å². The van der Waals surface area contributed by atoms with Crippen LogP contribution in [0.5, 0.6) is 0 Å². The molecule has 0 spiro atoms. The first-order chi connectivity index (χ1) is 9.04. The predicted molar refractivity (Wildman–Crippen MR) is 80.1 cm³/mol. The van der Waals surface area contributed by atoms with Crippen LogP contribution < -0.4 is 10.6 Å². The number of hydrogen-bond donors (Lipinski definition) is 2. The third-order valence-electron chi connectivity index (χ3n) is 2.83. The topological polar surface area (TPSA) is 50.4 Å². The van der Waals surface area contributed by atoms with Gasteiger partial charge < -0.3 is 15.4 Å². The van der Waals surface area contributed by atoms with Crippen LogP contribution >= 0.6 is 15.9 Å². The average molecular weight is 329 g/mol. The molecule has 19 heavy (non-hydrogen) atoms. The van der Waals surface area contributed by atoms with Crippen LogP contribution in [0, 0.1) is 6.92 Å². The summed E-state index contributed by atoms with van der Waals surface area (Å²) in [5.41, 5.74) is 2.36. The molecule has 5 heteroatoms. The van der Waals surface area contributed by atoms with E-state index in [1.165, 1.54) is 5.56 Å². The molecule has 1 aromatic rings. The molecule has 1 atom stereocenters. The molecule has 1 rings (SSSR count). The van der Waals surface area contributed by atoms with E-state index in [1.807, 2.05) is 19.1 Å². The Morgan fingerprint density at radius 3 is 2.84 bits per heavy atom. The monoisotopic (exact) mass is 328 g/mol. The molecule has 0 aliphatic carbocycles. The van der Waals surface area contributed by atoms with Crippen molar-refractivity contribution in [3.8, 4) is 0 Å². The van der Waals surface area contributed by atoms with Crippen LogP contribution in [-0.4, -0.2) is 32.2 Å². The molecule has 0 fully saturated rings. The SMILES string of the molecule is COCCNC(=O)C(C)NCc1ccc(Br)c(C)c1. The third kappa shape index (κ3) is 5.72. The highest BCUT2D eigenvalue weighted by atomic mass is 79.9. The maximum absolute atomic E-state index is 11.7. The summed E-state index contributed by atoms with van der Waals surface area (Å²) in [6.45, 7) is 5.65. The lowest BCUT2D eigenvalue weighted by Crippen LogP contribution is -2.42. The minimum absolute atomic E-state index is 0.00844. The average Bonchev–Trinajstić information content (AvgIpc) is 2.40. The van der Waals surface area contributed by atoms with Crippen LogP contribution in [-0.2, 0) is 16.1 Å². The molecule has 0 aromatic heterocycles. The smallest absolute Gasteiger partial charge is 0.236 e. The van der Waals surface area contributed by atoms with Crippen LogP contribution in [0.3, 0.4) is 0 Å². The van der Waals surface area contributed by atoms with Gasteiger partial charge in [-0.1, -0.05) is 28.1 Å². The Labute approximate surface area is 123 Å². The van der Waals surface area contributed by atoms with Crippen molar-refractivity contribution in [1.82, 2.24) is 10.6 Å². The molecule has 0 radical (unpaired) electrons. The van der Waals surface area contributed by atoms with E-state index in [1.54, 1.807) is 7.11 Å². The highest BCUT2D eigenvalue weighted by molar-refractivity contribution is 9.10. The zero-order valence-corrected chi connectivity index (χ0v) is 13.2. The maximum atomic E-state index is 11.7. The van der Waals surface area contributed by atoms with Crippen molar-refractivity contribution in [3.05, 3.63) is 33.8 Å². The number of hydrogen-bond acceptors (Lipinski definition) is 3. The number of carbonyl (C=O) groups is 1. The van der Waals surface area contributed by atoms with E-state index >= 15 is 0 Å². The minimum atomic E-state index is -0.221. The van der Waals surface area contributed by atoms with Gasteiger partial charge >= 0.3 is 0 Å². The first kappa shape index (κ1) is 16.1. The van der Waals surface area contributed by atoms with Gasteiger partial charge in [0.25, 0.3) is 0 Å². The molecule has 1 amide bonds. The van der Waals surface area contributed by atoms with Crippen molar-refractivity contribution in [1.29, 1.82) is 0 Å². The van der Waals surface area contributed by atoms with Gasteiger partial charge in [-0.3, -0.25) is 4.79 Å². The summed E-state index contributed by atoms with van der Waals surface area (Å²) >= 11 is 3.47. The van der Waals surface area contributed by atoms with Crippen molar-refractivity contribution in [3.63, 3.8) is 0 Å². The van der Waals surface area contributed by atoms with Crippen LogP contribution in [0.4, 0.5) is 0 Å². The molecule has 0 saturated carbocycles. The van der Waals surface area contributed by atoms with Crippen LogP contribution in [0.25, 0.3) is 0 Å². The van der Waals surface area contributed by atoms with E-state index in [2.05, 4.69) is 39.6 Å². The van der Waals surface area contributed by atoms with Gasteiger partial charge in [0.05, 0.1) is 12.6 Å². The Balaban J connectivity index is 2.38. The van der Waals surface area contributed by atoms with Crippen LogP contribution in [0.1, 0.15) is 18.1 Å². The summed E-state index contributed by atoms with van der Waals surface area (Å²) in [7, 11) is 1.61. The lowest BCUT2D eigenvalue weighted by atomic mass is 10.1. The number of carbonyl (C=O) groups excluding carboxylic acids is 1. The number of benzene rings is 1. The molecule has 2 N–H and O–H groups in total. The Kier molecular flexibility index (Phi) is 7.05. The van der Waals surface area contributed by atoms with Gasteiger partial charge in [-0.25, -0.2) is 0 Å². The third-order valence-corrected chi connectivity index (χ3v) is 3.72. The van der Waals surface area contributed by atoms with Crippen molar-refractivity contribution < 1.29 is 9.53 Å². The quantitative estimate of drug-likeness (QED) is 0.753. The molecule has 1 aromatic carbocycles. The van der Waals surface area contributed by atoms with E-state index < -0.39 is 0 Å². The first-order valence-corrected chi connectivity index (χ1v) is 7.09. The summed E-state index contributed by atoms with van der Waals surface area (Å²) in [6, 6.07) is 5.95. The number of rotatable bonds is 7. The summed E-state index contributed by atoms with van der Waals surface area (Å²) in [4.78, 5) is 11.7. The number of halogens is 1. The maximum Gasteiger partial charge on any atom is 0.236 e. The summed E-state index contributed by atoms with van der Waals surface area (Å²) in [6.07, 6.45) is 0. The highest BCUT2D eigenvalue weighted by Crippen LogP contribution is 2.16. The van der Waals surface area contributed by atoms with Gasteiger partial charge in [0.1, 0.15) is 0 Å². The summed E-state index contributed by atoms with van der Waals surface area (Å²) in [5.74, 6) is -0.00844. The van der Waals surface area contributed by atoms with Gasteiger partial charge in [-0.2, -0.15) is 0 Å². The van der Waals surface area contributed by atoms with Gasteiger partial charge in [0.15, 0.2) is 0 Å². The Morgan fingerprint density at radius 1 is 1.47 bits per heavy atom. The number of nitrogens with one attached hydrogen (secondary N) is 2. The van der Waals surface area contributed by atoms with Crippen LogP contribution in [0.2, 0.25) is 0 Å². The van der Waals surface area contributed by atoms with E-state index in [9.17, 15) is 4.79 Å². The molecule has 1 unspecified atom stereocenters. The fourth-order valence-electron chi connectivity index (χ4n) is 1.61. The Bertz CT molecular complexity index is 424. The van der Waals surface area contributed by atoms with E-state index in [0.717, 1.165) is 10.0 Å². The van der Waals surface area contributed by atoms with Crippen molar-refractivity contribution in [2.75, 3.05) is 20.3 Å². The Morgan fingerprint density at radius 2 is 2.21 bits per heavy atom. The molecule has 0 aliphatic heterocycles. The lowest BCUT2D eigenvalue weighted by Gasteiger charge is -2.14. The van der Waals surface area contributed by atoms with Crippen LogP contribution in [0.15, 0.2) is 22.7 Å². The van der Waals surface area contributed by atoms with E-state index in [4.69, 9.17) is 4.74 Å². The molecule has 0 saturated heterocycles. The molecule has 106 valence electrons. The largest absolute Gasteiger partial charge is 0.383 e. The second-order valence-electron chi connectivity index (χ2n) is 4.47. The number of aryl methyl sites for hydroxylation is 1. The first-order valence-electron chi connectivity index (χ1n) is 6.29.